The van der Waals surface area contributed by atoms with Gasteiger partial charge in [0.05, 0.1) is 0 Å². The summed E-state index contributed by atoms with van der Waals surface area (Å²) in [5, 5.41) is 8.96. The van der Waals surface area contributed by atoms with Crippen LogP contribution in [0.4, 0.5) is 0 Å². The molecule has 0 aromatic heterocycles. The van der Waals surface area contributed by atoms with Crippen molar-refractivity contribution in [3.8, 4) is 0 Å². The molecule has 4 nitrogen and oxygen atoms in total. The molecule has 41 heavy (non-hydrogen) atoms. The number of hydrogen-bond donors (Lipinski definition) is 1. The third kappa shape index (κ3) is 32.3. The minimum atomic E-state index is -0.784. The van der Waals surface area contributed by atoms with Gasteiger partial charge < -0.3 is 9.84 Å². The highest BCUT2D eigenvalue weighted by atomic mass is 16.5. The van der Waals surface area contributed by atoms with Gasteiger partial charge in [0, 0.05) is 12.8 Å². The van der Waals surface area contributed by atoms with E-state index in [9.17, 15) is 9.59 Å². The number of esters is 1. The average molecular weight is 573 g/mol. The molecule has 0 aliphatic carbocycles. The predicted octanol–water partition coefficient (Wildman–Crippen LogP) is 11.6. The van der Waals surface area contributed by atoms with Crippen molar-refractivity contribution in [3.63, 3.8) is 0 Å². The van der Waals surface area contributed by atoms with Crippen LogP contribution in [0.3, 0.4) is 0 Å². The van der Waals surface area contributed by atoms with Gasteiger partial charge >= 0.3 is 11.9 Å². The average Bonchev–Trinajstić information content (AvgIpc) is 2.95. The molecule has 1 unspecified atom stereocenters. The standard InChI is InChI=1S/C37H64O4/c1-3-5-7-9-11-13-15-16-17-18-19-20-21-23-25-27-29-34-37(40)41-35(32-30-33-36(38)39)31-28-26-24-22-14-12-10-8-6-4-2/h11,13,16-17,19-20,23,25,35H,3-10,12,14-15,18,21-22,24,26-34H2,1-2H3,(H,38,39)/b13-11-,17-16-,20-19-,25-23-. The number of carboxylic acid groups (broad SMARTS) is 1. The lowest BCUT2D eigenvalue weighted by Gasteiger charge is -2.18. The number of carboxylic acids is 1. The number of hydrogen-bond acceptors (Lipinski definition) is 3. The second kappa shape index (κ2) is 32.4. The zero-order valence-electron chi connectivity index (χ0n) is 26.8. The maximum absolute atomic E-state index is 12.4. The molecule has 0 amide bonds. The van der Waals surface area contributed by atoms with E-state index in [2.05, 4.69) is 62.5 Å². The molecule has 0 fully saturated rings. The maximum atomic E-state index is 12.4. The second-order valence-corrected chi connectivity index (χ2v) is 11.3. The fourth-order valence-corrected chi connectivity index (χ4v) is 4.77. The monoisotopic (exact) mass is 572 g/mol. The van der Waals surface area contributed by atoms with Crippen molar-refractivity contribution in [1.29, 1.82) is 0 Å². The molecule has 0 bridgehead atoms. The van der Waals surface area contributed by atoms with Crippen molar-refractivity contribution in [1.82, 2.24) is 0 Å². The lowest BCUT2D eigenvalue weighted by atomic mass is 10.0. The first-order valence-electron chi connectivity index (χ1n) is 17.1. The Balaban J connectivity index is 3.98. The van der Waals surface area contributed by atoms with E-state index in [-0.39, 0.29) is 18.5 Å². The number of carbonyl (C=O) groups is 2. The van der Waals surface area contributed by atoms with E-state index in [1.54, 1.807) is 0 Å². The van der Waals surface area contributed by atoms with Crippen LogP contribution in [0, 0.1) is 0 Å². The molecule has 0 aliphatic heterocycles. The van der Waals surface area contributed by atoms with E-state index in [0.29, 0.717) is 19.3 Å². The van der Waals surface area contributed by atoms with E-state index in [0.717, 1.165) is 51.4 Å². The number of carbonyl (C=O) groups excluding carboxylic acids is 1. The van der Waals surface area contributed by atoms with Gasteiger partial charge in [-0.1, -0.05) is 133 Å². The van der Waals surface area contributed by atoms with Gasteiger partial charge in [0.15, 0.2) is 0 Å². The molecule has 236 valence electrons. The Bertz CT molecular complexity index is 704. The topological polar surface area (TPSA) is 63.6 Å². The van der Waals surface area contributed by atoms with Crippen molar-refractivity contribution in [2.45, 2.75) is 174 Å². The molecule has 0 aromatic rings. The van der Waals surface area contributed by atoms with Crippen molar-refractivity contribution < 1.29 is 19.4 Å². The van der Waals surface area contributed by atoms with Crippen LogP contribution >= 0.6 is 0 Å². The fraction of sp³-hybridized carbons (Fsp3) is 0.730. The summed E-state index contributed by atoms with van der Waals surface area (Å²) in [6.45, 7) is 4.49. The Labute approximate surface area is 253 Å². The van der Waals surface area contributed by atoms with Gasteiger partial charge in [0.2, 0.25) is 0 Å². The molecule has 0 spiro atoms. The number of unbranched alkanes of at least 4 members (excludes halogenated alkanes) is 13. The minimum Gasteiger partial charge on any atom is -0.481 e. The summed E-state index contributed by atoms with van der Waals surface area (Å²) in [4.78, 5) is 23.3. The zero-order valence-corrected chi connectivity index (χ0v) is 26.8. The molecule has 0 saturated carbocycles. The number of ether oxygens (including phenoxy) is 1. The molecule has 0 radical (unpaired) electrons. The fourth-order valence-electron chi connectivity index (χ4n) is 4.77. The SMILES string of the molecule is CCCCC/C=C\C/C=C\C/C=C\C/C=C\CCCC(=O)OC(CCCCCCCCCCCC)CCCC(=O)O. The largest absolute Gasteiger partial charge is 0.481 e. The molecular formula is C37H64O4. The summed E-state index contributed by atoms with van der Waals surface area (Å²) >= 11 is 0. The van der Waals surface area contributed by atoms with Gasteiger partial charge in [-0.05, 0) is 70.6 Å². The van der Waals surface area contributed by atoms with Crippen molar-refractivity contribution in [2.75, 3.05) is 0 Å². The normalized spacial score (nSPS) is 12.8. The van der Waals surface area contributed by atoms with Crippen LogP contribution in [-0.4, -0.2) is 23.1 Å². The van der Waals surface area contributed by atoms with Gasteiger partial charge in [-0.25, -0.2) is 0 Å². The highest BCUT2D eigenvalue weighted by Gasteiger charge is 2.14. The van der Waals surface area contributed by atoms with E-state index >= 15 is 0 Å². The van der Waals surface area contributed by atoms with E-state index in [1.807, 2.05) is 0 Å². The quantitative estimate of drug-likeness (QED) is 0.0528. The summed E-state index contributed by atoms with van der Waals surface area (Å²) in [5.74, 6) is -0.929. The van der Waals surface area contributed by atoms with Crippen LogP contribution in [0.1, 0.15) is 168 Å². The minimum absolute atomic E-state index is 0.137. The van der Waals surface area contributed by atoms with Gasteiger partial charge in [-0.15, -0.1) is 0 Å². The Morgan fingerprint density at radius 3 is 1.51 bits per heavy atom. The number of allylic oxidation sites excluding steroid dienone is 8. The summed E-state index contributed by atoms with van der Waals surface area (Å²) in [7, 11) is 0. The lowest BCUT2D eigenvalue weighted by Crippen LogP contribution is -2.18. The van der Waals surface area contributed by atoms with Crippen molar-refractivity contribution >= 4 is 11.9 Å². The molecule has 1 N–H and O–H groups in total. The first-order chi connectivity index (χ1) is 20.1. The van der Waals surface area contributed by atoms with Crippen LogP contribution in [0.15, 0.2) is 48.6 Å². The highest BCUT2D eigenvalue weighted by Crippen LogP contribution is 2.17. The molecular weight excluding hydrogens is 508 g/mol. The van der Waals surface area contributed by atoms with Crippen LogP contribution in [0.5, 0.6) is 0 Å². The molecule has 0 rings (SSSR count). The van der Waals surface area contributed by atoms with Crippen molar-refractivity contribution in [2.24, 2.45) is 0 Å². The molecule has 0 heterocycles. The molecule has 0 saturated heterocycles. The van der Waals surface area contributed by atoms with Crippen LogP contribution < -0.4 is 0 Å². The summed E-state index contributed by atoms with van der Waals surface area (Å²) in [6.07, 6.45) is 42.6. The van der Waals surface area contributed by atoms with Crippen molar-refractivity contribution in [3.05, 3.63) is 48.6 Å². The van der Waals surface area contributed by atoms with Gasteiger partial charge in [-0.2, -0.15) is 0 Å². The maximum Gasteiger partial charge on any atom is 0.306 e. The highest BCUT2D eigenvalue weighted by molar-refractivity contribution is 5.69. The third-order valence-corrected chi connectivity index (χ3v) is 7.30. The Morgan fingerprint density at radius 2 is 0.976 bits per heavy atom. The van der Waals surface area contributed by atoms with Crippen LogP contribution in [0.2, 0.25) is 0 Å². The summed E-state index contributed by atoms with van der Waals surface area (Å²) in [5.41, 5.74) is 0. The Hall–Kier alpha value is -2.10. The summed E-state index contributed by atoms with van der Waals surface area (Å²) < 4.78 is 5.77. The number of rotatable bonds is 30. The van der Waals surface area contributed by atoms with E-state index in [1.165, 1.54) is 77.0 Å². The molecule has 0 aliphatic rings. The Kier molecular flexibility index (Phi) is 30.8. The van der Waals surface area contributed by atoms with Gasteiger partial charge in [0.1, 0.15) is 6.10 Å². The molecule has 1 atom stereocenters. The Morgan fingerprint density at radius 1 is 0.537 bits per heavy atom. The van der Waals surface area contributed by atoms with E-state index in [4.69, 9.17) is 9.84 Å². The third-order valence-electron chi connectivity index (χ3n) is 7.30. The first kappa shape index (κ1) is 38.9. The zero-order chi connectivity index (χ0) is 30.1. The molecule has 0 aromatic carbocycles. The van der Waals surface area contributed by atoms with Crippen LogP contribution in [0.25, 0.3) is 0 Å². The number of aliphatic carboxylic acids is 1. The van der Waals surface area contributed by atoms with Crippen LogP contribution in [-0.2, 0) is 14.3 Å². The van der Waals surface area contributed by atoms with Gasteiger partial charge in [0.25, 0.3) is 0 Å². The molecule has 4 heteroatoms. The lowest BCUT2D eigenvalue weighted by molar-refractivity contribution is -0.150. The van der Waals surface area contributed by atoms with E-state index < -0.39 is 5.97 Å². The van der Waals surface area contributed by atoms with Gasteiger partial charge in [-0.3, -0.25) is 9.59 Å². The first-order valence-corrected chi connectivity index (χ1v) is 17.1. The summed E-state index contributed by atoms with van der Waals surface area (Å²) in [6, 6.07) is 0. The predicted molar refractivity (Wildman–Crippen MR) is 176 cm³/mol. The smallest absolute Gasteiger partial charge is 0.306 e. The second-order valence-electron chi connectivity index (χ2n) is 11.3.